The van der Waals surface area contributed by atoms with Gasteiger partial charge in [-0.1, -0.05) is 6.42 Å². The molecule has 1 aromatic heterocycles. The number of hydrogen-bond donors (Lipinski definition) is 1. The van der Waals surface area contributed by atoms with Gasteiger partial charge in [0.15, 0.2) is 0 Å². The van der Waals surface area contributed by atoms with Crippen molar-refractivity contribution in [3.05, 3.63) is 11.8 Å². The first-order chi connectivity index (χ1) is 6.84. The summed E-state index contributed by atoms with van der Waals surface area (Å²) in [7, 11) is 0. The molecule has 1 aromatic rings. The predicted octanol–water partition coefficient (Wildman–Crippen LogP) is 0.869. The smallest absolute Gasteiger partial charge is 0.231 e. The van der Waals surface area contributed by atoms with Crippen molar-refractivity contribution in [1.82, 2.24) is 20.6 Å². The monoisotopic (exact) mass is 196 g/mol. The Morgan fingerprint density at radius 2 is 2.07 bits per heavy atom. The fourth-order valence-corrected chi connectivity index (χ4v) is 1.64. The summed E-state index contributed by atoms with van der Waals surface area (Å²) in [5.41, 5.74) is 3.29. The summed E-state index contributed by atoms with van der Waals surface area (Å²) < 4.78 is 5.26. The second-order valence-corrected chi connectivity index (χ2v) is 3.60. The van der Waals surface area contributed by atoms with E-state index >= 15 is 0 Å². The summed E-state index contributed by atoms with van der Waals surface area (Å²) >= 11 is 0. The van der Waals surface area contributed by atoms with Gasteiger partial charge in [-0.2, -0.15) is 0 Å². The van der Waals surface area contributed by atoms with Crippen LogP contribution in [-0.4, -0.2) is 28.3 Å². The highest BCUT2D eigenvalue weighted by molar-refractivity contribution is 4.77. The van der Waals surface area contributed by atoms with Crippen LogP contribution in [0.1, 0.15) is 31.0 Å². The Kier molecular flexibility index (Phi) is 3.10. The molecular formula is C9H16N4O. The van der Waals surface area contributed by atoms with Crippen LogP contribution in [0.4, 0.5) is 0 Å². The SMILES string of the molecule is Cc1nnc(CNN2CCCCC2)o1. The van der Waals surface area contributed by atoms with E-state index in [1.807, 2.05) is 0 Å². The van der Waals surface area contributed by atoms with Crippen LogP contribution in [0, 0.1) is 6.92 Å². The molecule has 1 N–H and O–H groups in total. The van der Waals surface area contributed by atoms with Crippen molar-refractivity contribution >= 4 is 0 Å². The quantitative estimate of drug-likeness (QED) is 0.777. The molecule has 0 unspecified atom stereocenters. The molecule has 0 aliphatic carbocycles. The average Bonchev–Trinajstić information content (AvgIpc) is 2.63. The van der Waals surface area contributed by atoms with E-state index in [1.165, 1.54) is 19.3 Å². The van der Waals surface area contributed by atoms with Crippen LogP contribution in [0.25, 0.3) is 0 Å². The Balaban J connectivity index is 1.76. The number of piperidine rings is 1. The first-order valence-corrected chi connectivity index (χ1v) is 5.12. The van der Waals surface area contributed by atoms with Gasteiger partial charge in [0.25, 0.3) is 0 Å². The third kappa shape index (κ3) is 2.52. The lowest BCUT2D eigenvalue weighted by molar-refractivity contribution is 0.144. The molecular weight excluding hydrogens is 180 g/mol. The number of hydrogen-bond acceptors (Lipinski definition) is 5. The number of aryl methyl sites for hydroxylation is 1. The lowest BCUT2D eigenvalue weighted by Crippen LogP contribution is -2.41. The fraction of sp³-hybridized carbons (Fsp3) is 0.778. The molecule has 0 aromatic carbocycles. The Morgan fingerprint density at radius 3 is 2.71 bits per heavy atom. The molecule has 0 amide bonds. The number of aromatic nitrogens is 2. The van der Waals surface area contributed by atoms with Crippen molar-refractivity contribution in [2.24, 2.45) is 0 Å². The molecule has 2 rings (SSSR count). The molecule has 1 aliphatic heterocycles. The van der Waals surface area contributed by atoms with Gasteiger partial charge in [0.2, 0.25) is 11.8 Å². The third-order valence-corrected chi connectivity index (χ3v) is 2.38. The van der Waals surface area contributed by atoms with Crippen molar-refractivity contribution < 1.29 is 4.42 Å². The summed E-state index contributed by atoms with van der Waals surface area (Å²) in [5.74, 6) is 1.29. The van der Waals surface area contributed by atoms with Crippen LogP contribution in [0.15, 0.2) is 4.42 Å². The van der Waals surface area contributed by atoms with Crippen LogP contribution >= 0.6 is 0 Å². The van der Waals surface area contributed by atoms with E-state index in [9.17, 15) is 0 Å². The van der Waals surface area contributed by atoms with Gasteiger partial charge in [0, 0.05) is 20.0 Å². The van der Waals surface area contributed by atoms with Gasteiger partial charge in [0.1, 0.15) is 0 Å². The standard InChI is InChI=1S/C9H16N4O/c1-8-11-12-9(14-8)7-10-13-5-3-2-4-6-13/h10H,2-7H2,1H3. The summed E-state index contributed by atoms with van der Waals surface area (Å²) in [6.07, 6.45) is 3.89. The van der Waals surface area contributed by atoms with Crippen molar-refractivity contribution in [2.45, 2.75) is 32.7 Å². The number of nitrogens with zero attached hydrogens (tertiary/aromatic N) is 3. The molecule has 1 saturated heterocycles. The lowest BCUT2D eigenvalue weighted by Gasteiger charge is -2.26. The van der Waals surface area contributed by atoms with Gasteiger partial charge < -0.3 is 4.42 Å². The first kappa shape index (κ1) is 9.61. The predicted molar refractivity (Wildman–Crippen MR) is 51.3 cm³/mol. The molecule has 14 heavy (non-hydrogen) atoms. The van der Waals surface area contributed by atoms with E-state index in [-0.39, 0.29) is 0 Å². The topological polar surface area (TPSA) is 54.2 Å². The maximum absolute atomic E-state index is 5.26. The van der Waals surface area contributed by atoms with E-state index in [4.69, 9.17) is 4.42 Å². The van der Waals surface area contributed by atoms with E-state index in [0.717, 1.165) is 13.1 Å². The van der Waals surface area contributed by atoms with Crippen molar-refractivity contribution in [3.8, 4) is 0 Å². The van der Waals surface area contributed by atoms with Crippen molar-refractivity contribution in [1.29, 1.82) is 0 Å². The minimum atomic E-state index is 0.625. The average molecular weight is 196 g/mol. The minimum Gasteiger partial charge on any atom is -0.424 e. The van der Waals surface area contributed by atoms with Crippen molar-refractivity contribution in [2.75, 3.05) is 13.1 Å². The maximum atomic E-state index is 5.26. The Labute approximate surface area is 83.5 Å². The van der Waals surface area contributed by atoms with Crippen LogP contribution in [0.5, 0.6) is 0 Å². The van der Waals surface area contributed by atoms with E-state index in [1.54, 1.807) is 6.92 Å². The molecule has 0 radical (unpaired) electrons. The molecule has 5 heteroatoms. The van der Waals surface area contributed by atoms with E-state index in [2.05, 4.69) is 20.6 Å². The molecule has 1 fully saturated rings. The molecule has 5 nitrogen and oxygen atoms in total. The highest BCUT2D eigenvalue weighted by Gasteiger charge is 2.10. The summed E-state index contributed by atoms with van der Waals surface area (Å²) in [5, 5.41) is 9.92. The van der Waals surface area contributed by atoms with E-state index < -0.39 is 0 Å². The van der Waals surface area contributed by atoms with Crippen LogP contribution in [0.2, 0.25) is 0 Å². The second kappa shape index (κ2) is 4.52. The first-order valence-electron chi connectivity index (χ1n) is 5.12. The summed E-state index contributed by atoms with van der Waals surface area (Å²) in [6.45, 7) is 4.68. The molecule has 0 spiro atoms. The largest absolute Gasteiger partial charge is 0.424 e. The molecule has 0 saturated carbocycles. The Bertz CT molecular complexity index is 280. The molecule has 0 atom stereocenters. The highest BCUT2D eigenvalue weighted by atomic mass is 16.4. The normalized spacial score (nSPS) is 18.6. The van der Waals surface area contributed by atoms with Gasteiger partial charge in [-0.15, -0.1) is 10.2 Å². The second-order valence-electron chi connectivity index (χ2n) is 3.60. The van der Waals surface area contributed by atoms with Crippen LogP contribution in [0.3, 0.4) is 0 Å². The zero-order valence-electron chi connectivity index (χ0n) is 8.49. The van der Waals surface area contributed by atoms with Crippen molar-refractivity contribution in [3.63, 3.8) is 0 Å². The molecule has 78 valence electrons. The zero-order chi connectivity index (χ0) is 9.80. The van der Waals surface area contributed by atoms with Crippen LogP contribution < -0.4 is 5.43 Å². The van der Waals surface area contributed by atoms with Gasteiger partial charge in [-0.3, -0.25) is 0 Å². The molecule has 1 aliphatic rings. The van der Waals surface area contributed by atoms with Crippen LogP contribution in [-0.2, 0) is 6.54 Å². The van der Waals surface area contributed by atoms with Gasteiger partial charge in [0.05, 0.1) is 6.54 Å². The number of rotatable bonds is 3. The third-order valence-electron chi connectivity index (χ3n) is 2.38. The summed E-state index contributed by atoms with van der Waals surface area (Å²) in [4.78, 5) is 0. The Morgan fingerprint density at radius 1 is 1.29 bits per heavy atom. The number of nitrogens with one attached hydrogen (secondary N) is 1. The van der Waals surface area contributed by atoms with Gasteiger partial charge in [-0.05, 0) is 12.8 Å². The summed E-state index contributed by atoms with van der Waals surface area (Å²) in [6, 6.07) is 0. The zero-order valence-corrected chi connectivity index (χ0v) is 8.49. The highest BCUT2D eigenvalue weighted by Crippen LogP contribution is 2.06. The van der Waals surface area contributed by atoms with Gasteiger partial charge in [-0.25, -0.2) is 10.4 Å². The lowest BCUT2D eigenvalue weighted by atomic mass is 10.2. The fourth-order valence-electron chi connectivity index (χ4n) is 1.64. The Hall–Kier alpha value is -0.940. The molecule has 2 heterocycles. The van der Waals surface area contributed by atoms with E-state index in [0.29, 0.717) is 18.3 Å². The molecule has 0 bridgehead atoms. The van der Waals surface area contributed by atoms with Gasteiger partial charge >= 0.3 is 0 Å². The maximum Gasteiger partial charge on any atom is 0.231 e. The number of hydrazine groups is 1. The minimum absolute atomic E-state index is 0.625.